The van der Waals surface area contributed by atoms with Gasteiger partial charge in [-0.15, -0.1) is 0 Å². The van der Waals surface area contributed by atoms with E-state index in [0.717, 1.165) is 0 Å². The van der Waals surface area contributed by atoms with E-state index in [2.05, 4.69) is 41.8 Å². The molecule has 0 saturated heterocycles. The van der Waals surface area contributed by atoms with Crippen molar-refractivity contribution in [1.29, 1.82) is 0 Å². The molecule has 2 N–H and O–H groups in total. The van der Waals surface area contributed by atoms with Gasteiger partial charge in [0.15, 0.2) is 0 Å². The van der Waals surface area contributed by atoms with Crippen molar-refractivity contribution in [2.24, 2.45) is 3.79 Å². The third kappa shape index (κ3) is 32.0. The van der Waals surface area contributed by atoms with Gasteiger partial charge < -0.3 is 17.6 Å². The van der Waals surface area contributed by atoms with Gasteiger partial charge in [-0.1, -0.05) is 0 Å². The zero-order valence-corrected chi connectivity index (χ0v) is 15.0. The van der Waals surface area contributed by atoms with Crippen molar-refractivity contribution in [2.75, 3.05) is 0 Å². The van der Waals surface area contributed by atoms with E-state index >= 15 is 0 Å². The predicted molar refractivity (Wildman–Crippen MR) is 68.7 cm³/mol. The Morgan fingerprint density at radius 2 is 0.955 bits per heavy atom. The summed E-state index contributed by atoms with van der Waals surface area (Å²) in [5, 5.41) is 16.0. The molecule has 137 valence electrons. The smallest absolute Gasteiger partial charge is 0.377 e. The van der Waals surface area contributed by atoms with Gasteiger partial charge in [0.1, 0.15) is 0 Å². The van der Waals surface area contributed by atoms with Crippen molar-refractivity contribution in [3.63, 3.8) is 0 Å². The standard InChI is InChI=1S/C4H9N.C4H10O.C3H2F6O.CH3.V/c2*1-4(2,3)5;4-2(5,6)1(10)3(7,8)9;;/h1-3H3;5H,1-3H3;1,10H;1H3;/q;;;-1;. The number of halogens is 6. The largest absolute Gasteiger partial charge is 0.423 e. The summed E-state index contributed by atoms with van der Waals surface area (Å²) in [7, 11) is 0. The summed E-state index contributed by atoms with van der Waals surface area (Å²) in [5.74, 6) is 0. The molecule has 0 atom stereocenters. The maximum absolute atomic E-state index is 11.0. The number of aliphatic hydroxyl groups is 2. The maximum Gasteiger partial charge on any atom is 0.423 e. The monoisotopic (exact) mass is 379 g/mol. The van der Waals surface area contributed by atoms with E-state index in [0.29, 0.717) is 0 Å². The predicted octanol–water partition coefficient (Wildman–Crippen LogP) is 4.21. The van der Waals surface area contributed by atoms with Gasteiger partial charge in [-0.3, -0.25) is 0 Å². The molecule has 0 aromatic carbocycles. The van der Waals surface area contributed by atoms with Gasteiger partial charge in [0.25, 0.3) is 0 Å². The third-order valence-electron chi connectivity index (χ3n) is 0.920. The van der Waals surface area contributed by atoms with Crippen molar-refractivity contribution >= 4 is 0 Å². The van der Waals surface area contributed by atoms with Crippen LogP contribution in [0.2, 0.25) is 0 Å². The van der Waals surface area contributed by atoms with Crippen LogP contribution in [-0.4, -0.2) is 39.8 Å². The fraction of sp³-hybridized carbons (Fsp3) is 0.917. The molecule has 0 aromatic heterocycles. The van der Waals surface area contributed by atoms with E-state index in [4.69, 9.17) is 10.2 Å². The number of rotatable bonds is 0. The molecule has 0 saturated carbocycles. The summed E-state index contributed by atoms with van der Waals surface area (Å²) in [6.45, 7) is 11.4. The average molecular weight is 379 g/mol. The first-order chi connectivity index (χ1) is 8.72. The Labute approximate surface area is 136 Å². The molecule has 0 unspecified atom stereocenters. The molecule has 0 spiro atoms. The minimum atomic E-state index is -5.63. The molecule has 10 heteroatoms. The Balaban J connectivity index is -0.000000117. The van der Waals surface area contributed by atoms with Crippen LogP contribution in [-0.2, 0) is 17.2 Å². The SMILES string of the molecule is CC(C)(C)O.CC(C)(C)[N]=[V].OC(C(F)(F)F)C(F)(F)F.[CH3-]. The summed E-state index contributed by atoms with van der Waals surface area (Å²) >= 11 is 2.22. The molecule has 22 heavy (non-hydrogen) atoms. The molecular formula is C12H24F6NO2V-. The normalized spacial score (nSPS) is 12.3. The number of hydrogen-bond acceptors (Lipinski definition) is 3. The molecule has 0 aliphatic heterocycles. The van der Waals surface area contributed by atoms with Gasteiger partial charge in [0, 0.05) is 0 Å². The fourth-order valence-corrected chi connectivity index (χ4v) is 0.186. The summed E-state index contributed by atoms with van der Waals surface area (Å²) in [6, 6.07) is 0. The topological polar surface area (TPSA) is 52.8 Å². The first-order valence-electron chi connectivity index (χ1n) is 5.62. The van der Waals surface area contributed by atoms with E-state index in [9.17, 15) is 26.3 Å². The van der Waals surface area contributed by atoms with Crippen molar-refractivity contribution in [3.8, 4) is 0 Å². The summed E-state index contributed by atoms with van der Waals surface area (Å²) in [6.07, 6.45) is -15.5. The third-order valence-corrected chi connectivity index (χ3v) is 1.86. The quantitative estimate of drug-likeness (QED) is 0.489. The first kappa shape index (κ1) is 29.8. The van der Waals surface area contributed by atoms with E-state index in [1.807, 2.05) is 0 Å². The zero-order chi connectivity index (χ0) is 18.3. The zero-order valence-electron chi connectivity index (χ0n) is 13.6. The van der Waals surface area contributed by atoms with Gasteiger partial charge in [0.05, 0.1) is 5.60 Å². The molecule has 0 aromatic rings. The van der Waals surface area contributed by atoms with Gasteiger partial charge in [0.2, 0.25) is 6.10 Å². The number of aliphatic hydroxyl groups excluding tert-OH is 1. The molecule has 0 heterocycles. The van der Waals surface area contributed by atoms with Crippen molar-refractivity contribution in [1.82, 2.24) is 0 Å². The number of alkyl halides is 6. The van der Waals surface area contributed by atoms with Gasteiger partial charge >= 0.3 is 59.7 Å². The number of hydrogen-bond donors (Lipinski definition) is 2. The average Bonchev–Trinajstić information content (AvgIpc) is 2.11. The van der Waals surface area contributed by atoms with E-state index in [-0.39, 0.29) is 13.0 Å². The van der Waals surface area contributed by atoms with Crippen LogP contribution in [0.4, 0.5) is 26.3 Å². The minimum absolute atomic E-state index is 0. The van der Waals surface area contributed by atoms with Gasteiger partial charge in [-0.25, -0.2) is 0 Å². The Morgan fingerprint density at radius 3 is 0.955 bits per heavy atom. The maximum atomic E-state index is 11.0. The molecule has 0 bridgehead atoms. The van der Waals surface area contributed by atoms with Crippen LogP contribution in [0.1, 0.15) is 41.5 Å². The fourth-order valence-electron chi connectivity index (χ4n) is 0.186. The second kappa shape index (κ2) is 10.6. The summed E-state index contributed by atoms with van der Waals surface area (Å²) in [4.78, 5) is 0. The minimum Gasteiger partial charge on any atom is -0.377 e. The van der Waals surface area contributed by atoms with Crippen molar-refractivity contribution < 1.29 is 53.8 Å². The Bertz CT molecular complexity index is 272. The molecule has 0 amide bonds. The van der Waals surface area contributed by atoms with E-state index < -0.39 is 24.1 Å². The van der Waals surface area contributed by atoms with Crippen LogP contribution >= 0.6 is 0 Å². The molecule has 0 fully saturated rings. The molecule has 3 nitrogen and oxygen atoms in total. The molecule has 0 rings (SSSR count). The van der Waals surface area contributed by atoms with Crippen LogP contribution in [0.5, 0.6) is 0 Å². The number of nitrogens with zero attached hydrogens (tertiary/aromatic N) is 1. The molecule has 0 radical (unpaired) electrons. The molecule has 0 aliphatic carbocycles. The van der Waals surface area contributed by atoms with E-state index in [1.165, 1.54) is 0 Å². The van der Waals surface area contributed by atoms with Crippen molar-refractivity contribution in [3.05, 3.63) is 7.43 Å². The molecular weight excluding hydrogens is 355 g/mol. The summed E-state index contributed by atoms with van der Waals surface area (Å²) in [5.41, 5.74) is -0.361. The Morgan fingerprint density at radius 1 is 0.818 bits per heavy atom. The van der Waals surface area contributed by atoms with Crippen LogP contribution in [0.3, 0.4) is 0 Å². The molecule has 0 aliphatic rings. The van der Waals surface area contributed by atoms with Crippen molar-refractivity contribution in [2.45, 2.75) is 71.1 Å². The van der Waals surface area contributed by atoms with Crippen LogP contribution in [0.25, 0.3) is 0 Å². The van der Waals surface area contributed by atoms with E-state index in [1.54, 1.807) is 20.8 Å². The Hall–Kier alpha value is -0.116. The van der Waals surface area contributed by atoms with Gasteiger partial charge in [-0.05, 0) is 20.8 Å². The van der Waals surface area contributed by atoms with Crippen LogP contribution in [0, 0.1) is 7.43 Å². The second-order valence-corrected chi connectivity index (χ2v) is 6.24. The Kier molecular flexibility index (Phi) is 14.4. The summed E-state index contributed by atoms with van der Waals surface area (Å²) < 4.78 is 69.8. The van der Waals surface area contributed by atoms with Crippen LogP contribution < -0.4 is 0 Å². The van der Waals surface area contributed by atoms with Gasteiger partial charge in [-0.2, -0.15) is 26.3 Å². The first-order valence-corrected chi connectivity index (χ1v) is 6.24. The second-order valence-electron chi connectivity index (χ2n) is 5.93. The van der Waals surface area contributed by atoms with Crippen LogP contribution in [0.15, 0.2) is 3.79 Å².